The summed E-state index contributed by atoms with van der Waals surface area (Å²) < 4.78 is 18.9. The second kappa shape index (κ2) is 6.22. The summed E-state index contributed by atoms with van der Waals surface area (Å²) in [6.07, 6.45) is 1.31. The van der Waals surface area contributed by atoms with Crippen LogP contribution in [0.2, 0.25) is 0 Å². The van der Waals surface area contributed by atoms with Gasteiger partial charge in [-0.1, -0.05) is 29.8 Å². The van der Waals surface area contributed by atoms with Gasteiger partial charge in [0.2, 0.25) is 0 Å². The maximum absolute atomic E-state index is 13.7. The lowest BCUT2D eigenvalue weighted by atomic mass is 9.99. The molecule has 1 N–H and O–H groups in total. The van der Waals surface area contributed by atoms with Crippen LogP contribution in [-0.2, 0) is 4.79 Å². The molecule has 0 aliphatic heterocycles. The van der Waals surface area contributed by atoms with Gasteiger partial charge in [-0.25, -0.2) is 9.18 Å². The van der Waals surface area contributed by atoms with E-state index < -0.39 is 11.8 Å². The predicted molar refractivity (Wildman–Crippen MR) is 79.6 cm³/mol. The maximum Gasteiger partial charge on any atom is 0.336 e. The molecule has 0 unspecified atom stereocenters. The SMILES string of the molecule is COc1ccc(C)cc1/C(=C/c1ccccc1F)C(=O)O. The molecule has 0 saturated heterocycles. The van der Waals surface area contributed by atoms with Gasteiger partial charge < -0.3 is 9.84 Å². The van der Waals surface area contributed by atoms with Crippen LogP contribution in [-0.4, -0.2) is 18.2 Å². The molecule has 0 aliphatic rings. The molecule has 0 fully saturated rings. The summed E-state index contributed by atoms with van der Waals surface area (Å²) in [6, 6.07) is 11.3. The van der Waals surface area contributed by atoms with Gasteiger partial charge in [0.1, 0.15) is 11.6 Å². The van der Waals surface area contributed by atoms with E-state index >= 15 is 0 Å². The lowest BCUT2D eigenvalue weighted by molar-refractivity contribution is -0.130. The number of carboxylic acids is 1. The zero-order valence-corrected chi connectivity index (χ0v) is 11.8. The zero-order chi connectivity index (χ0) is 15.4. The van der Waals surface area contributed by atoms with E-state index in [1.807, 2.05) is 13.0 Å². The minimum absolute atomic E-state index is 0.0133. The van der Waals surface area contributed by atoms with Crippen LogP contribution in [0.3, 0.4) is 0 Å². The van der Waals surface area contributed by atoms with Crippen molar-refractivity contribution in [2.75, 3.05) is 7.11 Å². The number of hydrogen-bond acceptors (Lipinski definition) is 2. The fourth-order valence-electron chi connectivity index (χ4n) is 2.03. The van der Waals surface area contributed by atoms with Crippen LogP contribution in [0.25, 0.3) is 11.6 Å². The lowest BCUT2D eigenvalue weighted by Gasteiger charge is -2.10. The third-order valence-corrected chi connectivity index (χ3v) is 3.08. The van der Waals surface area contributed by atoms with Gasteiger partial charge in [-0.15, -0.1) is 0 Å². The third kappa shape index (κ3) is 3.28. The fraction of sp³-hybridized carbons (Fsp3) is 0.118. The Balaban J connectivity index is 2.63. The van der Waals surface area contributed by atoms with Gasteiger partial charge >= 0.3 is 5.97 Å². The van der Waals surface area contributed by atoms with Crippen molar-refractivity contribution in [3.63, 3.8) is 0 Å². The number of aryl methyl sites for hydroxylation is 1. The second-order valence-electron chi connectivity index (χ2n) is 4.59. The highest BCUT2D eigenvalue weighted by atomic mass is 19.1. The number of rotatable bonds is 4. The van der Waals surface area contributed by atoms with Crippen molar-refractivity contribution in [1.29, 1.82) is 0 Å². The van der Waals surface area contributed by atoms with Gasteiger partial charge in [0.15, 0.2) is 0 Å². The molecule has 21 heavy (non-hydrogen) atoms. The average Bonchev–Trinajstić information content (AvgIpc) is 2.46. The van der Waals surface area contributed by atoms with Gasteiger partial charge in [0.25, 0.3) is 0 Å². The molecule has 0 bridgehead atoms. The van der Waals surface area contributed by atoms with Crippen LogP contribution in [0.5, 0.6) is 5.75 Å². The van der Waals surface area contributed by atoms with Crippen LogP contribution < -0.4 is 4.74 Å². The minimum atomic E-state index is -1.14. The molecule has 3 nitrogen and oxygen atoms in total. The first-order chi connectivity index (χ1) is 10.0. The van der Waals surface area contributed by atoms with Crippen molar-refractivity contribution < 1.29 is 19.0 Å². The number of carbonyl (C=O) groups is 1. The Morgan fingerprint density at radius 2 is 1.95 bits per heavy atom. The number of halogens is 1. The van der Waals surface area contributed by atoms with E-state index in [0.717, 1.165) is 5.56 Å². The van der Waals surface area contributed by atoms with Crippen molar-refractivity contribution >= 4 is 17.6 Å². The molecule has 0 atom stereocenters. The van der Waals surface area contributed by atoms with E-state index in [-0.39, 0.29) is 11.1 Å². The van der Waals surface area contributed by atoms with Crippen molar-refractivity contribution in [3.05, 3.63) is 65.0 Å². The normalized spacial score (nSPS) is 11.3. The van der Waals surface area contributed by atoms with Crippen LogP contribution in [0.15, 0.2) is 42.5 Å². The highest BCUT2D eigenvalue weighted by Gasteiger charge is 2.16. The Hall–Kier alpha value is -2.62. The summed E-state index contributed by atoms with van der Waals surface area (Å²) in [6.45, 7) is 1.85. The van der Waals surface area contributed by atoms with Crippen molar-refractivity contribution in [2.24, 2.45) is 0 Å². The molecule has 0 aliphatic carbocycles. The molecule has 108 valence electrons. The summed E-state index contributed by atoms with van der Waals surface area (Å²) in [7, 11) is 1.47. The summed E-state index contributed by atoms with van der Waals surface area (Å²) in [5.74, 6) is -1.17. The van der Waals surface area contributed by atoms with Crippen molar-refractivity contribution in [3.8, 4) is 5.75 Å². The number of ether oxygens (including phenoxy) is 1. The number of hydrogen-bond donors (Lipinski definition) is 1. The number of methoxy groups -OCH3 is 1. The Labute approximate surface area is 122 Å². The van der Waals surface area contributed by atoms with Crippen LogP contribution in [0.4, 0.5) is 4.39 Å². The molecular weight excluding hydrogens is 271 g/mol. The van der Waals surface area contributed by atoms with Gasteiger partial charge in [0, 0.05) is 11.1 Å². The second-order valence-corrected chi connectivity index (χ2v) is 4.59. The zero-order valence-electron chi connectivity index (χ0n) is 11.8. The minimum Gasteiger partial charge on any atom is -0.496 e. The Morgan fingerprint density at radius 1 is 1.24 bits per heavy atom. The Bertz CT molecular complexity index is 705. The highest BCUT2D eigenvalue weighted by Crippen LogP contribution is 2.29. The first kappa shape index (κ1) is 14.8. The van der Waals surface area contributed by atoms with Crippen molar-refractivity contribution in [1.82, 2.24) is 0 Å². The fourth-order valence-corrected chi connectivity index (χ4v) is 2.03. The molecule has 0 amide bonds. The molecule has 0 heterocycles. The monoisotopic (exact) mass is 286 g/mol. The van der Waals surface area contributed by atoms with E-state index in [1.165, 1.54) is 25.3 Å². The number of carboxylic acid groups (broad SMARTS) is 1. The predicted octanol–water partition coefficient (Wildman–Crippen LogP) is 3.77. The van der Waals surface area contributed by atoms with Crippen LogP contribution in [0, 0.1) is 12.7 Å². The topological polar surface area (TPSA) is 46.5 Å². The molecular formula is C17H15FO3. The molecule has 2 aromatic rings. The summed E-state index contributed by atoms with van der Waals surface area (Å²) in [4.78, 5) is 11.5. The quantitative estimate of drug-likeness (QED) is 0.687. The Morgan fingerprint density at radius 3 is 2.57 bits per heavy atom. The van der Waals surface area contributed by atoms with Gasteiger partial charge in [-0.2, -0.15) is 0 Å². The average molecular weight is 286 g/mol. The molecule has 0 spiro atoms. The summed E-state index contributed by atoms with van der Waals surface area (Å²) in [5.41, 5.74) is 1.53. The van der Waals surface area contributed by atoms with Crippen LogP contribution >= 0.6 is 0 Å². The Kier molecular flexibility index (Phi) is 4.38. The van der Waals surface area contributed by atoms with E-state index in [4.69, 9.17) is 4.74 Å². The van der Waals surface area contributed by atoms with E-state index in [2.05, 4.69) is 0 Å². The maximum atomic E-state index is 13.7. The van der Waals surface area contributed by atoms with E-state index in [0.29, 0.717) is 11.3 Å². The molecule has 0 radical (unpaired) electrons. The van der Waals surface area contributed by atoms with Crippen LogP contribution in [0.1, 0.15) is 16.7 Å². The summed E-state index contributed by atoms with van der Waals surface area (Å²) in [5, 5.41) is 9.44. The van der Waals surface area contributed by atoms with E-state index in [1.54, 1.807) is 24.3 Å². The molecule has 2 rings (SSSR count). The smallest absolute Gasteiger partial charge is 0.336 e. The van der Waals surface area contributed by atoms with Gasteiger partial charge in [-0.3, -0.25) is 0 Å². The molecule has 0 saturated carbocycles. The first-order valence-electron chi connectivity index (χ1n) is 6.37. The molecule has 2 aromatic carbocycles. The third-order valence-electron chi connectivity index (χ3n) is 3.08. The van der Waals surface area contributed by atoms with Gasteiger partial charge in [0.05, 0.1) is 12.7 Å². The van der Waals surface area contributed by atoms with Crippen molar-refractivity contribution in [2.45, 2.75) is 6.92 Å². The molecule has 4 heteroatoms. The number of benzene rings is 2. The van der Waals surface area contributed by atoms with E-state index in [9.17, 15) is 14.3 Å². The van der Waals surface area contributed by atoms with Gasteiger partial charge in [-0.05, 0) is 31.2 Å². The summed E-state index contributed by atoms with van der Waals surface area (Å²) >= 11 is 0. The lowest BCUT2D eigenvalue weighted by Crippen LogP contribution is -2.02. The largest absolute Gasteiger partial charge is 0.496 e. The first-order valence-corrected chi connectivity index (χ1v) is 6.37. The highest BCUT2D eigenvalue weighted by molar-refractivity contribution is 6.21. The number of aliphatic carboxylic acids is 1. The molecule has 0 aromatic heterocycles. The standard InChI is InChI=1S/C17H15FO3/c1-11-7-8-16(21-2)13(9-11)14(17(19)20)10-12-5-3-4-6-15(12)18/h3-10H,1-2H3,(H,19,20)/b14-10-.